The Morgan fingerprint density at radius 1 is 1.25 bits per heavy atom. The van der Waals surface area contributed by atoms with E-state index in [4.69, 9.17) is 0 Å². The Kier molecular flexibility index (Phi) is 5.06. The van der Waals surface area contributed by atoms with Crippen LogP contribution in [0.4, 0.5) is 8.78 Å². The van der Waals surface area contributed by atoms with E-state index < -0.39 is 11.6 Å². The van der Waals surface area contributed by atoms with Gasteiger partial charge in [-0.05, 0) is 50.9 Å². The molecule has 1 aliphatic rings. The number of halogens is 2. The summed E-state index contributed by atoms with van der Waals surface area (Å²) in [5, 5.41) is 3.28. The van der Waals surface area contributed by atoms with E-state index in [1.54, 1.807) is 4.90 Å². The number of benzene rings is 1. The van der Waals surface area contributed by atoms with Gasteiger partial charge < -0.3 is 10.2 Å². The first-order valence-corrected chi connectivity index (χ1v) is 7.06. The third kappa shape index (κ3) is 3.76. The molecule has 1 heterocycles. The molecule has 1 aliphatic heterocycles. The standard InChI is InChI=1S/C15H20F2N2O/c1-2-19(10-11-3-5-18-6-4-11)15(20)12-7-13(16)9-14(17)8-12/h7-9,11,18H,2-6,10H2,1H3. The van der Waals surface area contributed by atoms with E-state index in [2.05, 4.69) is 5.32 Å². The summed E-state index contributed by atoms with van der Waals surface area (Å²) < 4.78 is 26.4. The Hall–Kier alpha value is -1.49. The van der Waals surface area contributed by atoms with Gasteiger partial charge in [0.05, 0.1) is 0 Å². The van der Waals surface area contributed by atoms with Gasteiger partial charge in [-0.15, -0.1) is 0 Å². The van der Waals surface area contributed by atoms with Crippen molar-refractivity contribution in [2.24, 2.45) is 5.92 Å². The Bertz CT molecular complexity index is 453. The zero-order chi connectivity index (χ0) is 14.5. The van der Waals surface area contributed by atoms with Crippen molar-refractivity contribution < 1.29 is 13.6 Å². The van der Waals surface area contributed by atoms with E-state index in [-0.39, 0.29) is 11.5 Å². The van der Waals surface area contributed by atoms with Crippen LogP contribution in [0.1, 0.15) is 30.1 Å². The summed E-state index contributed by atoms with van der Waals surface area (Å²) in [4.78, 5) is 14.0. The second-order valence-electron chi connectivity index (χ2n) is 5.20. The van der Waals surface area contributed by atoms with Crippen LogP contribution in [-0.2, 0) is 0 Å². The van der Waals surface area contributed by atoms with Crippen LogP contribution >= 0.6 is 0 Å². The molecule has 1 N–H and O–H groups in total. The topological polar surface area (TPSA) is 32.3 Å². The van der Waals surface area contributed by atoms with Gasteiger partial charge in [-0.25, -0.2) is 8.78 Å². The molecule has 0 atom stereocenters. The first kappa shape index (κ1) is 14.9. The summed E-state index contributed by atoms with van der Waals surface area (Å²) in [7, 11) is 0. The van der Waals surface area contributed by atoms with Crippen molar-refractivity contribution in [2.75, 3.05) is 26.2 Å². The molecule has 1 fully saturated rings. The predicted molar refractivity (Wildman–Crippen MR) is 73.5 cm³/mol. The lowest BCUT2D eigenvalue weighted by Crippen LogP contribution is -2.39. The zero-order valence-electron chi connectivity index (χ0n) is 11.7. The third-order valence-electron chi connectivity index (χ3n) is 3.72. The summed E-state index contributed by atoms with van der Waals surface area (Å²) in [5.41, 5.74) is 0.0817. The molecule has 0 bridgehead atoms. The minimum Gasteiger partial charge on any atom is -0.339 e. The van der Waals surface area contributed by atoms with Crippen molar-refractivity contribution in [1.29, 1.82) is 0 Å². The van der Waals surface area contributed by atoms with Crippen molar-refractivity contribution in [3.05, 3.63) is 35.4 Å². The average Bonchev–Trinajstić information content (AvgIpc) is 2.44. The molecule has 5 heteroatoms. The number of piperidine rings is 1. The fraction of sp³-hybridized carbons (Fsp3) is 0.533. The fourth-order valence-corrected chi connectivity index (χ4v) is 2.59. The summed E-state index contributed by atoms with van der Waals surface area (Å²) in [5.74, 6) is -1.28. The highest BCUT2D eigenvalue weighted by molar-refractivity contribution is 5.94. The summed E-state index contributed by atoms with van der Waals surface area (Å²) >= 11 is 0. The SMILES string of the molecule is CCN(CC1CCNCC1)C(=O)c1cc(F)cc(F)c1. The highest BCUT2D eigenvalue weighted by Gasteiger charge is 2.21. The van der Waals surface area contributed by atoms with Crippen LogP contribution in [-0.4, -0.2) is 37.0 Å². The Morgan fingerprint density at radius 2 is 1.85 bits per heavy atom. The lowest BCUT2D eigenvalue weighted by molar-refractivity contribution is 0.0725. The lowest BCUT2D eigenvalue weighted by Gasteiger charge is -2.29. The molecule has 3 nitrogen and oxygen atoms in total. The average molecular weight is 282 g/mol. The van der Waals surface area contributed by atoms with Crippen molar-refractivity contribution in [3.63, 3.8) is 0 Å². The molecular weight excluding hydrogens is 262 g/mol. The molecule has 1 amide bonds. The number of nitrogens with zero attached hydrogens (tertiary/aromatic N) is 1. The number of carbonyl (C=O) groups is 1. The largest absolute Gasteiger partial charge is 0.339 e. The highest BCUT2D eigenvalue weighted by atomic mass is 19.1. The van der Waals surface area contributed by atoms with Gasteiger partial charge in [-0.1, -0.05) is 0 Å². The molecule has 0 aliphatic carbocycles. The number of hydrogen-bond donors (Lipinski definition) is 1. The summed E-state index contributed by atoms with van der Waals surface area (Å²) in [6.45, 7) is 5.00. The van der Waals surface area contributed by atoms with Crippen LogP contribution in [0.3, 0.4) is 0 Å². The molecule has 2 rings (SSSR count). The molecule has 1 aromatic rings. The van der Waals surface area contributed by atoms with Gasteiger partial charge in [0.1, 0.15) is 11.6 Å². The Balaban J connectivity index is 2.07. The van der Waals surface area contributed by atoms with Crippen LogP contribution in [0.2, 0.25) is 0 Å². The smallest absolute Gasteiger partial charge is 0.254 e. The van der Waals surface area contributed by atoms with E-state index in [9.17, 15) is 13.6 Å². The minimum absolute atomic E-state index is 0.0817. The molecule has 0 unspecified atom stereocenters. The minimum atomic E-state index is -0.716. The number of amides is 1. The van der Waals surface area contributed by atoms with Crippen molar-refractivity contribution in [1.82, 2.24) is 10.2 Å². The van der Waals surface area contributed by atoms with Gasteiger partial charge >= 0.3 is 0 Å². The molecule has 20 heavy (non-hydrogen) atoms. The Labute approximate surface area is 118 Å². The maximum Gasteiger partial charge on any atom is 0.254 e. The number of hydrogen-bond acceptors (Lipinski definition) is 2. The van der Waals surface area contributed by atoms with Crippen LogP contribution in [0.25, 0.3) is 0 Å². The third-order valence-corrected chi connectivity index (χ3v) is 3.72. The summed E-state index contributed by atoms with van der Waals surface area (Å²) in [6.07, 6.45) is 2.06. The first-order valence-electron chi connectivity index (χ1n) is 7.06. The second kappa shape index (κ2) is 6.79. The molecule has 0 saturated carbocycles. The van der Waals surface area contributed by atoms with Crippen LogP contribution < -0.4 is 5.32 Å². The maximum absolute atomic E-state index is 13.2. The molecule has 0 spiro atoms. The van der Waals surface area contributed by atoms with Gasteiger partial charge in [0, 0.05) is 24.7 Å². The van der Waals surface area contributed by atoms with Gasteiger partial charge in [0.2, 0.25) is 0 Å². The second-order valence-corrected chi connectivity index (χ2v) is 5.20. The fourth-order valence-electron chi connectivity index (χ4n) is 2.59. The van der Waals surface area contributed by atoms with Crippen molar-refractivity contribution >= 4 is 5.91 Å². The Morgan fingerprint density at radius 3 is 2.40 bits per heavy atom. The molecule has 0 radical (unpaired) electrons. The zero-order valence-corrected chi connectivity index (χ0v) is 11.7. The molecular formula is C15H20F2N2O. The normalized spacial score (nSPS) is 16.1. The van der Waals surface area contributed by atoms with E-state index in [0.29, 0.717) is 19.0 Å². The maximum atomic E-state index is 13.2. The molecule has 1 saturated heterocycles. The predicted octanol–water partition coefficient (Wildman–Crippen LogP) is 2.43. The van der Waals surface area contributed by atoms with Crippen LogP contribution in [0, 0.1) is 17.6 Å². The molecule has 1 aromatic carbocycles. The van der Waals surface area contributed by atoms with E-state index >= 15 is 0 Å². The molecule has 0 aromatic heterocycles. The van der Waals surface area contributed by atoms with E-state index in [0.717, 1.165) is 44.1 Å². The van der Waals surface area contributed by atoms with Crippen molar-refractivity contribution in [3.8, 4) is 0 Å². The number of nitrogens with one attached hydrogen (secondary N) is 1. The molecule has 110 valence electrons. The number of rotatable bonds is 4. The van der Waals surface area contributed by atoms with Gasteiger partial charge in [0.25, 0.3) is 5.91 Å². The summed E-state index contributed by atoms with van der Waals surface area (Å²) in [6, 6.07) is 2.97. The van der Waals surface area contributed by atoms with Crippen molar-refractivity contribution in [2.45, 2.75) is 19.8 Å². The van der Waals surface area contributed by atoms with Gasteiger partial charge in [-0.2, -0.15) is 0 Å². The van der Waals surface area contributed by atoms with Gasteiger partial charge in [-0.3, -0.25) is 4.79 Å². The monoisotopic (exact) mass is 282 g/mol. The van der Waals surface area contributed by atoms with Gasteiger partial charge in [0.15, 0.2) is 0 Å². The van der Waals surface area contributed by atoms with E-state index in [1.807, 2.05) is 6.92 Å². The van der Waals surface area contributed by atoms with Crippen LogP contribution in [0.5, 0.6) is 0 Å². The quantitative estimate of drug-likeness (QED) is 0.920. The lowest BCUT2D eigenvalue weighted by atomic mass is 9.97. The van der Waals surface area contributed by atoms with Crippen LogP contribution in [0.15, 0.2) is 18.2 Å². The number of carbonyl (C=O) groups excluding carboxylic acids is 1. The van der Waals surface area contributed by atoms with E-state index in [1.165, 1.54) is 0 Å². The first-order chi connectivity index (χ1) is 9.60. The highest BCUT2D eigenvalue weighted by Crippen LogP contribution is 2.16.